The van der Waals surface area contributed by atoms with Crippen LogP contribution in [0.4, 0.5) is 5.95 Å². The predicted molar refractivity (Wildman–Crippen MR) is 125 cm³/mol. The molecule has 0 bridgehead atoms. The van der Waals surface area contributed by atoms with E-state index in [1.165, 1.54) is 19.3 Å². The largest absolute Gasteiger partial charge is 0.351 e. The fraction of sp³-hybridized carbons (Fsp3) is 0.423. The third-order valence-electron chi connectivity index (χ3n) is 6.74. The minimum atomic E-state index is 0.260. The maximum Gasteiger partial charge on any atom is 0.225 e. The van der Waals surface area contributed by atoms with Gasteiger partial charge >= 0.3 is 0 Å². The van der Waals surface area contributed by atoms with E-state index in [4.69, 9.17) is 9.97 Å². The Balaban J connectivity index is 1.30. The Hall–Kier alpha value is -2.95. The van der Waals surface area contributed by atoms with Crippen LogP contribution in [0.3, 0.4) is 0 Å². The number of piperidine rings is 1. The molecule has 3 aromatic rings. The molecule has 0 unspecified atom stereocenters. The highest BCUT2D eigenvalue weighted by atomic mass is 16.2. The Kier molecular flexibility index (Phi) is 5.83. The first-order valence-electron chi connectivity index (χ1n) is 11.7. The van der Waals surface area contributed by atoms with E-state index in [2.05, 4.69) is 28.4 Å². The number of amides is 1. The fourth-order valence-corrected chi connectivity index (χ4v) is 4.99. The molecule has 1 saturated heterocycles. The molecule has 5 rings (SSSR count). The smallest absolute Gasteiger partial charge is 0.225 e. The highest BCUT2D eigenvalue weighted by molar-refractivity contribution is 5.93. The van der Waals surface area contributed by atoms with Crippen molar-refractivity contribution in [3.8, 4) is 11.3 Å². The van der Waals surface area contributed by atoms with Crippen molar-refractivity contribution in [2.45, 2.75) is 51.0 Å². The van der Waals surface area contributed by atoms with E-state index in [9.17, 15) is 4.79 Å². The lowest BCUT2D eigenvalue weighted by atomic mass is 9.87. The van der Waals surface area contributed by atoms with Crippen LogP contribution in [0.1, 0.15) is 44.9 Å². The molecule has 0 atom stereocenters. The number of aromatic nitrogens is 2. The molecule has 2 aliphatic rings. The molecular formula is C26H30N4O. The Morgan fingerprint density at radius 3 is 2.32 bits per heavy atom. The number of likely N-dealkylation sites (tertiary alicyclic amines) is 1. The summed E-state index contributed by atoms with van der Waals surface area (Å²) in [4.78, 5) is 24.6. The van der Waals surface area contributed by atoms with Crippen molar-refractivity contribution in [3.63, 3.8) is 0 Å². The van der Waals surface area contributed by atoms with Gasteiger partial charge in [-0.25, -0.2) is 9.97 Å². The number of carbonyl (C=O) groups is 1. The number of para-hydroxylation sites is 1. The molecule has 1 amide bonds. The number of nitrogens with zero attached hydrogens (tertiary/aromatic N) is 3. The van der Waals surface area contributed by atoms with Crippen LogP contribution in [0.5, 0.6) is 0 Å². The summed E-state index contributed by atoms with van der Waals surface area (Å²) < 4.78 is 0. The van der Waals surface area contributed by atoms with Crippen LogP contribution in [0.15, 0.2) is 54.6 Å². The first-order chi connectivity index (χ1) is 15.3. The van der Waals surface area contributed by atoms with Crippen LogP contribution in [0.2, 0.25) is 0 Å². The van der Waals surface area contributed by atoms with Crippen LogP contribution < -0.4 is 5.32 Å². The number of nitrogens with one attached hydrogen (secondary N) is 1. The third kappa shape index (κ3) is 4.41. The Bertz CT molecular complexity index is 1040. The zero-order valence-electron chi connectivity index (χ0n) is 18.0. The average molecular weight is 415 g/mol. The van der Waals surface area contributed by atoms with Gasteiger partial charge in [-0.2, -0.15) is 0 Å². The zero-order chi connectivity index (χ0) is 21.0. The number of benzene rings is 2. The van der Waals surface area contributed by atoms with Gasteiger partial charge < -0.3 is 10.2 Å². The summed E-state index contributed by atoms with van der Waals surface area (Å²) in [7, 11) is 0. The number of anilines is 1. The molecule has 2 aromatic carbocycles. The molecule has 5 heteroatoms. The van der Waals surface area contributed by atoms with Gasteiger partial charge in [0.25, 0.3) is 0 Å². The molecule has 31 heavy (non-hydrogen) atoms. The molecule has 1 aliphatic heterocycles. The van der Waals surface area contributed by atoms with Crippen LogP contribution in [-0.2, 0) is 4.79 Å². The van der Waals surface area contributed by atoms with Crippen LogP contribution >= 0.6 is 0 Å². The summed E-state index contributed by atoms with van der Waals surface area (Å²) in [5.74, 6) is 1.32. The molecule has 1 N–H and O–H groups in total. The summed E-state index contributed by atoms with van der Waals surface area (Å²) in [5.41, 5.74) is 3.00. The van der Waals surface area contributed by atoms with Crippen molar-refractivity contribution < 1.29 is 4.79 Å². The number of carbonyl (C=O) groups excluding carboxylic acids is 1. The number of rotatable bonds is 4. The normalized spacial score (nSPS) is 18.3. The van der Waals surface area contributed by atoms with E-state index >= 15 is 0 Å². The first kappa shape index (κ1) is 20.0. The van der Waals surface area contributed by atoms with Crippen molar-refractivity contribution in [2.24, 2.45) is 5.92 Å². The number of fused-ring (bicyclic) bond motifs is 1. The van der Waals surface area contributed by atoms with Gasteiger partial charge in [0.15, 0.2) is 0 Å². The van der Waals surface area contributed by atoms with Gasteiger partial charge in [-0.05, 0) is 31.7 Å². The summed E-state index contributed by atoms with van der Waals surface area (Å²) in [6.07, 6.45) is 7.72. The summed E-state index contributed by atoms with van der Waals surface area (Å²) in [6.45, 7) is 1.65. The highest BCUT2D eigenvalue weighted by Gasteiger charge is 2.29. The van der Waals surface area contributed by atoms with E-state index in [1.807, 2.05) is 36.4 Å². The summed E-state index contributed by atoms with van der Waals surface area (Å²) >= 11 is 0. The lowest BCUT2D eigenvalue weighted by molar-refractivity contribution is -0.137. The standard InChI is InChI=1S/C26H30N4O/c31-25(20-11-5-2-6-12-20)30-17-15-21(16-18-30)27-26-28-23-14-8-7-13-22(23)24(29-26)19-9-3-1-4-10-19/h1,3-4,7-10,13-14,20-21H,2,5-6,11-12,15-18H2,(H,27,28,29). The quantitative estimate of drug-likeness (QED) is 0.631. The highest BCUT2D eigenvalue weighted by Crippen LogP contribution is 2.29. The second-order valence-electron chi connectivity index (χ2n) is 8.86. The first-order valence-corrected chi connectivity index (χ1v) is 11.7. The van der Waals surface area contributed by atoms with Gasteiger partial charge in [0.05, 0.1) is 11.2 Å². The van der Waals surface area contributed by atoms with Crippen molar-refractivity contribution in [2.75, 3.05) is 18.4 Å². The second-order valence-corrected chi connectivity index (χ2v) is 8.86. The molecule has 0 radical (unpaired) electrons. The van der Waals surface area contributed by atoms with Crippen molar-refractivity contribution in [1.82, 2.24) is 14.9 Å². The van der Waals surface area contributed by atoms with Gasteiger partial charge in [0.1, 0.15) is 0 Å². The van der Waals surface area contributed by atoms with Gasteiger partial charge in [0.2, 0.25) is 11.9 Å². The molecule has 2 fully saturated rings. The van der Waals surface area contributed by atoms with Gasteiger partial charge in [0, 0.05) is 36.0 Å². The number of hydrogen-bond donors (Lipinski definition) is 1. The van der Waals surface area contributed by atoms with Crippen molar-refractivity contribution in [1.29, 1.82) is 0 Å². The van der Waals surface area contributed by atoms with E-state index < -0.39 is 0 Å². The summed E-state index contributed by atoms with van der Waals surface area (Å²) in [6, 6.07) is 18.7. The fourth-order valence-electron chi connectivity index (χ4n) is 4.99. The maximum absolute atomic E-state index is 12.8. The van der Waals surface area contributed by atoms with Gasteiger partial charge in [-0.3, -0.25) is 4.79 Å². The SMILES string of the molecule is O=C(C1CCCCC1)N1CCC(Nc2nc(-c3ccccc3)c3ccccc3n2)CC1. The Morgan fingerprint density at radius 2 is 1.55 bits per heavy atom. The van der Waals surface area contributed by atoms with Gasteiger partial charge in [-0.1, -0.05) is 67.8 Å². The van der Waals surface area contributed by atoms with Crippen LogP contribution in [-0.4, -0.2) is 39.9 Å². The van der Waals surface area contributed by atoms with Crippen LogP contribution in [0, 0.1) is 5.92 Å². The lowest BCUT2D eigenvalue weighted by Gasteiger charge is -2.35. The molecule has 160 valence electrons. The second kappa shape index (κ2) is 9.04. The minimum Gasteiger partial charge on any atom is -0.351 e. The lowest BCUT2D eigenvalue weighted by Crippen LogP contribution is -2.45. The molecule has 0 spiro atoms. The van der Waals surface area contributed by atoms with E-state index in [0.29, 0.717) is 17.9 Å². The zero-order valence-corrected chi connectivity index (χ0v) is 18.0. The third-order valence-corrected chi connectivity index (χ3v) is 6.74. The maximum atomic E-state index is 12.8. The predicted octanol–water partition coefficient (Wildman–Crippen LogP) is 5.28. The minimum absolute atomic E-state index is 0.260. The monoisotopic (exact) mass is 414 g/mol. The van der Waals surface area contributed by atoms with E-state index in [-0.39, 0.29) is 5.92 Å². The van der Waals surface area contributed by atoms with E-state index in [0.717, 1.165) is 60.9 Å². The van der Waals surface area contributed by atoms with Gasteiger partial charge in [-0.15, -0.1) is 0 Å². The molecule has 1 aliphatic carbocycles. The topological polar surface area (TPSA) is 58.1 Å². The van der Waals surface area contributed by atoms with Crippen molar-refractivity contribution >= 4 is 22.8 Å². The Labute approximate surface area is 183 Å². The molecular weight excluding hydrogens is 384 g/mol. The Morgan fingerprint density at radius 1 is 0.839 bits per heavy atom. The van der Waals surface area contributed by atoms with Crippen LogP contribution in [0.25, 0.3) is 22.2 Å². The summed E-state index contributed by atoms with van der Waals surface area (Å²) in [5, 5.41) is 4.62. The molecule has 1 aromatic heterocycles. The molecule has 2 heterocycles. The molecule has 1 saturated carbocycles. The average Bonchev–Trinajstić information content (AvgIpc) is 2.85. The van der Waals surface area contributed by atoms with Crippen molar-refractivity contribution in [3.05, 3.63) is 54.6 Å². The van der Waals surface area contributed by atoms with E-state index in [1.54, 1.807) is 0 Å². The molecule has 5 nitrogen and oxygen atoms in total. The number of hydrogen-bond acceptors (Lipinski definition) is 4.